The second-order valence-corrected chi connectivity index (χ2v) is 4.99. The van der Waals surface area contributed by atoms with Crippen molar-refractivity contribution in [1.82, 2.24) is 9.78 Å². The summed E-state index contributed by atoms with van der Waals surface area (Å²) in [5.41, 5.74) is 4.49. The Morgan fingerprint density at radius 1 is 1.32 bits per heavy atom. The SMILES string of the molecule is CCc1cc(CNc2c(C)cccc2Cl)n(CC)n1. The van der Waals surface area contributed by atoms with Crippen LogP contribution in [0.2, 0.25) is 5.02 Å². The predicted molar refractivity (Wildman–Crippen MR) is 80.8 cm³/mol. The van der Waals surface area contributed by atoms with Gasteiger partial charge in [0.2, 0.25) is 0 Å². The Bertz CT molecular complexity index is 540. The van der Waals surface area contributed by atoms with E-state index < -0.39 is 0 Å². The summed E-state index contributed by atoms with van der Waals surface area (Å²) in [4.78, 5) is 0. The Labute approximate surface area is 119 Å². The van der Waals surface area contributed by atoms with Gasteiger partial charge < -0.3 is 5.32 Å². The topological polar surface area (TPSA) is 29.9 Å². The lowest BCUT2D eigenvalue weighted by atomic mass is 10.2. The fourth-order valence-electron chi connectivity index (χ4n) is 2.14. The zero-order chi connectivity index (χ0) is 13.8. The van der Waals surface area contributed by atoms with Gasteiger partial charge in [0, 0.05) is 6.54 Å². The number of aromatic nitrogens is 2. The van der Waals surface area contributed by atoms with Crippen LogP contribution in [0.3, 0.4) is 0 Å². The second-order valence-electron chi connectivity index (χ2n) is 4.58. The van der Waals surface area contributed by atoms with Gasteiger partial charge in [-0.1, -0.05) is 30.7 Å². The summed E-state index contributed by atoms with van der Waals surface area (Å²) >= 11 is 6.22. The quantitative estimate of drug-likeness (QED) is 0.894. The standard InChI is InChI=1S/C15H20ClN3/c1-4-12-9-13(19(5-2)18-12)10-17-15-11(3)7-6-8-14(15)16/h6-9,17H,4-5,10H2,1-3H3. The number of aryl methyl sites for hydroxylation is 3. The van der Waals surface area contributed by atoms with Gasteiger partial charge in [-0.05, 0) is 38.0 Å². The van der Waals surface area contributed by atoms with Crippen LogP contribution in [0.1, 0.15) is 30.8 Å². The molecule has 0 bridgehead atoms. The average molecular weight is 278 g/mol. The number of hydrogen-bond acceptors (Lipinski definition) is 2. The molecule has 4 heteroatoms. The molecule has 2 rings (SSSR count). The molecule has 0 unspecified atom stereocenters. The van der Waals surface area contributed by atoms with Crippen LogP contribution in [-0.4, -0.2) is 9.78 Å². The third kappa shape index (κ3) is 3.10. The van der Waals surface area contributed by atoms with Crippen molar-refractivity contribution in [2.24, 2.45) is 0 Å². The highest BCUT2D eigenvalue weighted by Crippen LogP contribution is 2.25. The lowest BCUT2D eigenvalue weighted by molar-refractivity contribution is 0.619. The van der Waals surface area contributed by atoms with Gasteiger partial charge in [-0.3, -0.25) is 4.68 Å². The molecular weight excluding hydrogens is 258 g/mol. The molecule has 0 aliphatic rings. The van der Waals surface area contributed by atoms with E-state index in [1.165, 1.54) is 5.69 Å². The van der Waals surface area contributed by atoms with Crippen molar-refractivity contribution in [3.8, 4) is 0 Å². The Hall–Kier alpha value is -1.48. The maximum Gasteiger partial charge on any atom is 0.0640 e. The number of nitrogens with one attached hydrogen (secondary N) is 1. The van der Waals surface area contributed by atoms with Crippen LogP contribution < -0.4 is 5.32 Å². The molecule has 102 valence electrons. The summed E-state index contributed by atoms with van der Waals surface area (Å²) in [7, 11) is 0. The van der Waals surface area contributed by atoms with Crippen LogP contribution in [-0.2, 0) is 19.5 Å². The molecule has 19 heavy (non-hydrogen) atoms. The number of para-hydroxylation sites is 1. The summed E-state index contributed by atoms with van der Waals surface area (Å²) in [6.45, 7) is 7.92. The van der Waals surface area contributed by atoms with Gasteiger partial charge in [0.1, 0.15) is 0 Å². The Morgan fingerprint density at radius 3 is 2.74 bits per heavy atom. The van der Waals surface area contributed by atoms with Crippen LogP contribution in [0.15, 0.2) is 24.3 Å². The first-order valence-corrected chi connectivity index (χ1v) is 7.08. The van der Waals surface area contributed by atoms with E-state index in [-0.39, 0.29) is 0 Å². The molecule has 0 aliphatic carbocycles. The van der Waals surface area contributed by atoms with Crippen LogP contribution >= 0.6 is 11.6 Å². The molecule has 0 spiro atoms. The third-order valence-electron chi connectivity index (χ3n) is 3.24. The van der Waals surface area contributed by atoms with E-state index >= 15 is 0 Å². The molecule has 0 radical (unpaired) electrons. The largest absolute Gasteiger partial charge is 0.378 e. The van der Waals surface area contributed by atoms with E-state index in [2.05, 4.69) is 43.3 Å². The normalized spacial score (nSPS) is 10.7. The van der Waals surface area contributed by atoms with Crippen molar-refractivity contribution in [2.75, 3.05) is 5.32 Å². The molecule has 1 aromatic heterocycles. The van der Waals surface area contributed by atoms with Gasteiger partial charge in [-0.2, -0.15) is 5.10 Å². The van der Waals surface area contributed by atoms with E-state index in [0.29, 0.717) is 0 Å². The first-order valence-electron chi connectivity index (χ1n) is 6.70. The van der Waals surface area contributed by atoms with Gasteiger partial charge in [-0.25, -0.2) is 0 Å². The van der Waals surface area contributed by atoms with Crippen molar-refractivity contribution in [2.45, 2.75) is 40.3 Å². The monoisotopic (exact) mass is 277 g/mol. The number of anilines is 1. The fraction of sp³-hybridized carbons (Fsp3) is 0.400. The van der Waals surface area contributed by atoms with E-state index in [0.717, 1.165) is 41.5 Å². The molecule has 0 aliphatic heterocycles. The van der Waals surface area contributed by atoms with Crippen LogP contribution in [0.5, 0.6) is 0 Å². The maximum atomic E-state index is 6.22. The van der Waals surface area contributed by atoms with E-state index in [4.69, 9.17) is 11.6 Å². The highest BCUT2D eigenvalue weighted by molar-refractivity contribution is 6.33. The maximum absolute atomic E-state index is 6.22. The Kier molecular flexibility index (Phi) is 4.48. The number of halogens is 1. The van der Waals surface area contributed by atoms with E-state index in [9.17, 15) is 0 Å². The molecule has 0 atom stereocenters. The van der Waals surface area contributed by atoms with Crippen LogP contribution in [0.25, 0.3) is 0 Å². The predicted octanol–water partition coefficient (Wildman–Crippen LogP) is 4.04. The Morgan fingerprint density at radius 2 is 2.11 bits per heavy atom. The molecule has 2 aromatic rings. The fourth-order valence-corrected chi connectivity index (χ4v) is 2.43. The first kappa shape index (κ1) is 13.9. The lowest BCUT2D eigenvalue weighted by Gasteiger charge is -2.12. The third-order valence-corrected chi connectivity index (χ3v) is 3.56. The molecule has 1 aromatic carbocycles. The zero-order valence-electron chi connectivity index (χ0n) is 11.7. The minimum Gasteiger partial charge on any atom is -0.378 e. The minimum absolute atomic E-state index is 0.741. The van der Waals surface area contributed by atoms with Gasteiger partial charge >= 0.3 is 0 Å². The summed E-state index contributed by atoms with van der Waals surface area (Å²) in [6.07, 6.45) is 0.963. The molecule has 0 amide bonds. The van der Waals surface area contributed by atoms with Crippen molar-refractivity contribution in [1.29, 1.82) is 0 Å². The number of hydrogen-bond donors (Lipinski definition) is 1. The summed E-state index contributed by atoms with van der Waals surface area (Å²) in [5, 5.41) is 8.73. The van der Waals surface area contributed by atoms with Gasteiger partial charge in [0.05, 0.1) is 28.6 Å². The van der Waals surface area contributed by atoms with Crippen molar-refractivity contribution >= 4 is 17.3 Å². The van der Waals surface area contributed by atoms with Crippen molar-refractivity contribution in [3.05, 3.63) is 46.2 Å². The molecule has 0 saturated carbocycles. The highest BCUT2D eigenvalue weighted by Gasteiger charge is 2.07. The number of nitrogens with zero attached hydrogens (tertiary/aromatic N) is 2. The summed E-state index contributed by atoms with van der Waals surface area (Å²) < 4.78 is 2.04. The molecule has 1 N–H and O–H groups in total. The molecular formula is C15H20ClN3. The number of benzene rings is 1. The van der Waals surface area contributed by atoms with Crippen LogP contribution in [0, 0.1) is 6.92 Å². The van der Waals surface area contributed by atoms with Crippen molar-refractivity contribution in [3.63, 3.8) is 0 Å². The van der Waals surface area contributed by atoms with Gasteiger partial charge in [0.15, 0.2) is 0 Å². The molecule has 0 saturated heterocycles. The summed E-state index contributed by atoms with van der Waals surface area (Å²) in [5.74, 6) is 0. The van der Waals surface area contributed by atoms with Gasteiger partial charge in [0.25, 0.3) is 0 Å². The van der Waals surface area contributed by atoms with E-state index in [1.807, 2.05) is 16.8 Å². The minimum atomic E-state index is 0.741. The molecule has 1 heterocycles. The van der Waals surface area contributed by atoms with Crippen LogP contribution in [0.4, 0.5) is 5.69 Å². The highest BCUT2D eigenvalue weighted by atomic mass is 35.5. The average Bonchev–Trinajstić information content (AvgIpc) is 2.80. The molecule has 0 fully saturated rings. The van der Waals surface area contributed by atoms with Gasteiger partial charge in [-0.15, -0.1) is 0 Å². The lowest BCUT2D eigenvalue weighted by Crippen LogP contribution is -2.08. The number of rotatable bonds is 5. The molecule has 3 nitrogen and oxygen atoms in total. The van der Waals surface area contributed by atoms with E-state index in [1.54, 1.807) is 0 Å². The first-order chi connectivity index (χ1) is 9.15. The Balaban J connectivity index is 2.16. The second kappa shape index (κ2) is 6.11. The smallest absolute Gasteiger partial charge is 0.0640 e. The summed E-state index contributed by atoms with van der Waals surface area (Å²) in [6, 6.07) is 8.09. The zero-order valence-corrected chi connectivity index (χ0v) is 12.5. The van der Waals surface area contributed by atoms with Crippen molar-refractivity contribution < 1.29 is 0 Å².